The molecule has 0 radical (unpaired) electrons. The largest absolute Gasteiger partial charge is 0.352 e. The lowest BCUT2D eigenvalue weighted by molar-refractivity contribution is -0.140. The number of nitrogens with one attached hydrogen (secondary N) is 1. The van der Waals surface area contributed by atoms with Gasteiger partial charge in [-0.2, -0.15) is 0 Å². The number of rotatable bonds is 12. The monoisotopic (exact) mass is 695 g/mol. The van der Waals surface area contributed by atoms with E-state index in [9.17, 15) is 18.0 Å². The van der Waals surface area contributed by atoms with Crippen LogP contribution in [0.25, 0.3) is 0 Å². The first-order valence-electron chi connectivity index (χ1n) is 14.2. The molecule has 0 bridgehead atoms. The van der Waals surface area contributed by atoms with E-state index in [1.54, 1.807) is 31.2 Å². The molecule has 44 heavy (non-hydrogen) atoms. The van der Waals surface area contributed by atoms with Gasteiger partial charge in [-0.25, -0.2) is 8.42 Å². The molecule has 2 amide bonds. The van der Waals surface area contributed by atoms with Crippen molar-refractivity contribution < 1.29 is 18.0 Å². The van der Waals surface area contributed by atoms with Crippen molar-refractivity contribution in [2.24, 2.45) is 0 Å². The SMILES string of the molecule is Cc1ccccc1N(CC(=O)N(Cc1cccc(Br)c1)C(Cc1ccccc1)C(=O)NC(C)C)S(=O)(=O)c1ccc(Cl)cc1. The van der Waals surface area contributed by atoms with Crippen molar-refractivity contribution >= 4 is 55.1 Å². The van der Waals surface area contributed by atoms with Gasteiger partial charge in [-0.05, 0) is 79.9 Å². The number of carbonyl (C=O) groups is 2. The van der Waals surface area contributed by atoms with Crippen LogP contribution in [0.2, 0.25) is 5.02 Å². The third-order valence-corrected chi connectivity index (χ3v) is 9.53. The number of anilines is 1. The van der Waals surface area contributed by atoms with Crippen LogP contribution in [0.4, 0.5) is 5.69 Å². The number of benzene rings is 4. The molecule has 4 aromatic rings. The molecule has 4 aromatic carbocycles. The van der Waals surface area contributed by atoms with E-state index in [2.05, 4.69) is 21.2 Å². The molecule has 4 rings (SSSR count). The lowest BCUT2D eigenvalue weighted by Crippen LogP contribution is -2.54. The van der Waals surface area contributed by atoms with Crippen molar-refractivity contribution in [2.75, 3.05) is 10.8 Å². The van der Waals surface area contributed by atoms with Gasteiger partial charge < -0.3 is 10.2 Å². The zero-order chi connectivity index (χ0) is 31.9. The molecule has 230 valence electrons. The van der Waals surface area contributed by atoms with Crippen LogP contribution >= 0.6 is 27.5 Å². The molecule has 0 aromatic heterocycles. The van der Waals surface area contributed by atoms with E-state index >= 15 is 0 Å². The highest BCUT2D eigenvalue weighted by molar-refractivity contribution is 9.10. The molecule has 7 nitrogen and oxygen atoms in total. The number of nitrogens with zero attached hydrogens (tertiary/aromatic N) is 2. The van der Waals surface area contributed by atoms with Gasteiger partial charge in [0.2, 0.25) is 11.8 Å². The summed E-state index contributed by atoms with van der Waals surface area (Å²) in [5.41, 5.74) is 2.69. The van der Waals surface area contributed by atoms with Crippen LogP contribution in [-0.2, 0) is 32.6 Å². The molecule has 0 aliphatic rings. The predicted octanol–water partition coefficient (Wildman–Crippen LogP) is 6.77. The number of para-hydroxylation sites is 1. The second-order valence-electron chi connectivity index (χ2n) is 10.8. The number of halogens is 2. The van der Waals surface area contributed by atoms with Gasteiger partial charge in [0, 0.05) is 28.5 Å². The highest BCUT2D eigenvalue weighted by Gasteiger charge is 2.35. The van der Waals surface area contributed by atoms with Crippen molar-refractivity contribution in [1.29, 1.82) is 0 Å². The van der Waals surface area contributed by atoms with E-state index in [-0.39, 0.29) is 29.8 Å². The first-order valence-corrected chi connectivity index (χ1v) is 16.8. The van der Waals surface area contributed by atoms with E-state index in [4.69, 9.17) is 11.6 Å². The van der Waals surface area contributed by atoms with Gasteiger partial charge in [0.1, 0.15) is 12.6 Å². The second-order valence-corrected chi connectivity index (χ2v) is 14.0. The Kier molecular flexibility index (Phi) is 11.2. The zero-order valence-electron chi connectivity index (χ0n) is 24.8. The summed E-state index contributed by atoms with van der Waals surface area (Å²) in [5, 5.41) is 3.36. The lowest BCUT2D eigenvalue weighted by atomic mass is 10.0. The number of amides is 2. The van der Waals surface area contributed by atoms with Crippen molar-refractivity contribution in [3.8, 4) is 0 Å². The van der Waals surface area contributed by atoms with Gasteiger partial charge >= 0.3 is 0 Å². The summed E-state index contributed by atoms with van der Waals surface area (Å²) in [5.74, 6) is -0.846. The standard InChI is InChI=1S/C34H35BrClN3O4S/c1-24(2)37-34(41)32(21-26-11-5-4-6-12-26)38(22-27-13-9-14-28(35)20-27)33(40)23-39(31-15-8-7-10-25(31)3)44(42,43)30-18-16-29(36)17-19-30/h4-20,24,32H,21-23H2,1-3H3,(H,37,41). The lowest BCUT2D eigenvalue weighted by Gasteiger charge is -2.34. The topological polar surface area (TPSA) is 86.8 Å². The van der Waals surface area contributed by atoms with Crippen LogP contribution in [0.5, 0.6) is 0 Å². The third kappa shape index (κ3) is 8.49. The molecule has 0 heterocycles. The van der Waals surface area contributed by atoms with Crippen LogP contribution in [0.1, 0.15) is 30.5 Å². The molecular weight excluding hydrogens is 662 g/mol. The molecule has 0 aliphatic carbocycles. The highest BCUT2D eigenvalue weighted by Crippen LogP contribution is 2.28. The van der Waals surface area contributed by atoms with Gasteiger partial charge in [-0.15, -0.1) is 0 Å². The first-order chi connectivity index (χ1) is 21.0. The van der Waals surface area contributed by atoms with Gasteiger partial charge in [-0.1, -0.05) is 88.2 Å². The Balaban J connectivity index is 1.82. The zero-order valence-corrected chi connectivity index (χ0v) is 27.9. The third-order valence-electron chi connectivity index (χ3n) is 7.01. The number of hydrogen-bond donors (Lipinski definition) is 1. The Morgan fingerprint density at radius 2 is 1.50 bits per heavy atom. The van der Waals surface area contributed by atoms with Crippen LogP contribution in [0, 0.1) is 6.92 Å². The smallest absolute Gasteiger partial charge is 0.264 e. The Hall–Kier alpha value is -3.66. The predicted molar refractivity (Wildman–Crippen MR) is 179 cm³/mol. The van der Waals surface area contributed by atoms with Crippen molar-refractivity contribution in [3.63, 3.8) is 0 Å². The summed E-state index contributed by atoms with van der Waals surface area (Å²) < 4.78 is 30.2. The number of sulfonamides is 1. The normalized spacial score (nSPS) is 12.0. The van der Waals surface area contributed by atoms with E-state index < -0.39 is 28.5 Å². The van der Waals surface area contributed by atoms with Gasteiger partial charge in [0.15, 0.2) is 0 Å². The maximum atomic E-state index is 14.5. The van der Waals surface area contributed by atoms with Crippen molar-refractivity contribution in [3.05, 3.63) is 129 Å². The first kappa shape index (κ1) is 33.2. The molecular formula is C34H35BrClN3O4S. The quantitative estimate of drug-likeness (QED) is 0.177. The molecule has 0 fully saturated rings. The van der Waals surface area contributed by atoms with Crippen LogP contribution in [0.15, 0.2) is 112 Å². The summed E-state index contributed by atoms with van der Waals surface area (Å²) in [6.07, 6.45) is 0.243. The molecule has 0 saturated heterocycles. The van der Waals surface area contributed by atoms with Crippen LogP contribution in [0.3, 0.4) is 0 Å². The van der Waals surface area contributed by atoms with Gasteiger partial charge in [-0.3, -0.25) is 13.9 Å². The van der Waals surface area contributed by atoms with Crippen molar-refractivity contribution in [1.82, 2.24) is 10.2 Å². The van der Waals surface area contributed by atoms with E-state index in [1.165, 1.54) is 29.2 Å². The molecule has 10 heteroatoms. The fourth-order valence-corrected chi connectivity index (χ4v) is 6.91. The maximum Gasteiger partial charge on any atom is 0.264 e. The van der Waals surface area contributed by atoms with Crippen LogP contribution in [-0.4, -0.2) is 43.8 Å². The highest BCUT2D eigenvalue weighted by atomic mass is 79.9. The minimum absolute atomic E-state index is 0.00474. The fraction of sp³-hybridized carbons (Fsp3) is 0.235. The Morgan fingerprint density at radius 3 is 2.14 bits per heavy atom. The van der Waals surface area contributed by atoms with Crippen molar-refractivity contribution in [2.45, 2.75) is 50.7 Å². The van der Waals surface area contributed by atoms with Crippen LogP contribution < -0.4 is 9.62 Å². The fourth-order valence-electron chi connectivity index (χ4n) is 4.86. The summed E-state index contributed by atoms with van der Waals surface area (Å²) in [7, 11) is -4.21. The van der Waals surface area contributed by atoms with E-state index in [0.29, 0.717) is 16.3 Å². The van der Waals surface area contributed by atoms with Gasteiger partial charge in [0.05, 0.1) is 10.6 Å². The molecule has 1 unspecified atom stereocenters. The Bertz CT molecular complexity index is 1700. The average molecular weight is 697 g/mol. The average Bonchev–Trinajstić information content (AvgIpc) is 2.98. The molecule has 0 saturated carbocycles. The number of carbonyl (C=O) groups excluding carboxylic acids is 2. The summed E-state index contributed by atoms with van der Waals surface area (Å²) >= 11 is 9.55. The molecule has 1 atom stereocenters. The maximum absolute atomic E-state index is 14.5. The summed E-state index contributed by atoms with van der Waals surface area (Å²) in [4.78, 5) is 29.7. The molecule has 0 spiro atoms. The Labute approximate surface area is 273 Å². The summed E-state index contributed by atoms with van der Waals surface area (Å²) in [6, 6.07) is 28.7. The Morgan fingerprint density at radius 1 is 0.864 bits per heavy atom. The molecule has 1 N–H and O–H groups in total. The molecule has 0 aliphatic heterocycles. The minimum Gasteiger partial charge on any atom is -0.352 e. The van der Waals surface area contributed by atoms with E-state index in [1.807, 2.05) is 68.4 Å². The number of aryl methyl sites for hydroxylation is 1. The second kappa shape index (κ2) is 14.9. The van der Waals surface area contributed by atoms with E-state index in [0.717, 1.165) is 19.9 Å². The minimum atomic E-state index is -4.21. The number of hydrogen-bond acceptors (Lipinski definition) is 4. The van der Waals surface area contributed by atoms with Gasteiger partial charge in [0.25, 0.3) is 10.0 Å². The summed E-state index contributed by atoms with van der Waals surface area (Å²) in [6.45, 7) is 5.07.